The minimum atomic E-state index is 1.13. The fourth-order valence-electron chi connectivity index (χ4n) is 1.71. The van der Waals surface area contributed by atoms with Gasteiger partial charge in [0.2, 0.25) is 0 Å². The first-order valence-electron chi connectivity index (χ1n) is 4.13. The lowest BCUT2D eigenvalue weighted by atomic mass is 10.0. The Hall–Kier alpha value is -0.560. The van der Waals surface area contributed by atoms with E-state index in [4.69, 9.17) is 0 Å². The Morgan fingerprint density at radius 1 is 1.25 bits per heavy atom. The third kappa shape index (κ3) is 1.13. The summed E-state index contributed by atoms with van der Waals surface area (Å²) < 4.78 is 1.22. The van der Waals surface area contributed by atoms with Gasteiger partial charge < -0.3 is 0 Å². The lowest BCUT2D eigenvalue weighted by molar-refractivity contribution is 1.16. The molecule has 0 amide bonds. The Labute approximate surface area is 81.4 Å². The van der Waals surface area contributed by atoms with Crippen LogP contribution in [-0.4, -0.2) is 0 Å². The lowest BCUT2D eigenvalue weighted by Gasteiger charge is -2.04. The average Bonchev–Trinajstić information content (AvgIpc) is 2.41. The van der Waals surface area contributed by atoms with Crippen LogP contribution in [0.15, 0.2) is 22.2 Å². The van der Waals surface area contributed by atoms with Gasteiger partial charge in [0.15, 0.2) is 0 Å². The fraction of sp³-hybridized carbons (Fsp3) is 0.273. The minimum Gasteiger partial charge on any atom is -0.0683 e. The largest absolute Gasteiger partial charge is 0.0683 e. The molecule has 0 unspecified atom stereocenters. The lowest BCUT2D eigenvalue weighted by Crippen LogP contribution is -1.88. The maximum atomic E-state index is 3.56. The summed E-state index contributed by atoms with van der Waals surface area (Å²) in [7, 11) is 0. The third-order valence-corrected chi connectivity index (χ3v) is 3.08. The smallest absolute Gasteiger partial charge is 0.0250 e. The van der Waals surface area contributed by atoms with Gasteiger partial charge in [-0.25, -0.2) is 0 Å². The first kappa shape index (κ1) is 8.06. The monoisotopic (exact) mass is 222 g/mol. The van der Waals surface area contributed by atoms with Crippen molar-refractivity contribution >= 4 is 22.0 Å². The fourth-order valence-corrected chi connectivity index (χ4v) is 2.20. The Bertz CT molecular complexity index is 362. The molecule has 0 nitrogen and oxygen atoms in total. The van der Waals surface area contributed by atoms with Crippen LogP contribution in [-0.2, 0) is 6.42 Å². The van der Waals surface area contributed by atoms with Crippen LogP contribution in [0.25, 0.3) is 6.08 Å². The highest BCUT2D eigenvalue weighted by molar-refractivity contribution is 9.10. The van der Waals surface area contributed by atoms with Gasteiger partial charge in [0.05, 0.1) is 0 Å². The quantitative estimate of drug-likeness (QED) is 0.628. The molecule has 1 aliphatic carbocycles. The summed E-state index contributed by atoms with van der Waals surface area (Å²) in [4.78, 5) is 0. The Morgan fingerprint density at radius 3 is 2.67 bits per heavy atom. The molecule has 2 rings (SSSR count). The first-order chi connectivity index (χ1) is 5.68. The van der Waals surface area contributed by atoms with Crippen LogP contribution in [0.2, 0.25) is 0 Å². The summed E-state index contributed by atoms with van der Waals surface area (Å²) in [5.41, 5.74) is 5.73. The zero-order chi connectivity index (χ0) is 8.72. The number of benzene rings is 1. The van der Waals surface area contributed by atoms with E-state index in [1.807, 2.05) is 0 Å². The zero-order valence-corrected chi connectivity index (χ0v) is 8.90. The summed E-state index contributed by atoms with van der Waals surface area (Å²) in [5, 5.41) is 0. The van der Waals surface area contributed by atoms with E-state index in [0.29, 0.717) is 0 Å². The predicted octanol–water partition coefficient (Wildman–Crippen LogP) is 3.72. The van der Waals surface area contributed by atoms with E-state index in [1.165, 1.54) is 26.7 Å². The number of hydrogen-bond donors (Lipinski definition) is 0. The molecule has 1 aromatic rings. The van der Waals surface area contributed by atoms with Crippen LogP contribution in [0.4, 0.5) is 0 Å². The summed E-state index contributed by atoms with van der Waals surface area (Å²) in [6, 6.07) is 4.30. The standard InChI is InChI=1S/C11H11Br/c1-7-5-9-8(2)3-4-11(12)10(9)6-7/h3-4,6H,5H2,1-2H3. The van der Waals surface area contributed by atoms with Crippen molar-refractivity contribution in [3.8, 4) is 0 Å². The SMILES string of the molecule is CC1=Cc2c(Br)ccc(C)c2C1. The molecule has 0 heterocycles. The van der Waals surface area contributed by atoms with E-state index in [-0.39, 0.29) is 0 Å². The van der Waals surface area contributed by atoms with E-state index >= 15 is 0 Å². The second-order valence-electron chi connectivity index (χ2n) is 3.42. The zero-order valence-electron chi connectivity index (χ0n) is 7.32. The van der Waals surface area contributed by atoms with Crippen molar-refractivity contribution < 1.29 is 0 Å². The Balaban J connectivity index is 2.66. The van der Waals surface area contributed by atoms with Crippen molar-refractivity contribution in [2.75, 3.05) is 0 Å². The van der Waals surface area contributed by atoms with Crippen molar-refractivity contribution in [3.63, 3.8) is 0 Å². The molecule has 62 valence electrons. The van der Waals surface area contributed by atoms with Crippen molar-refractivity contribution in [1.29, 1.82) is 0 Å². The number of aryl methyl sites for hydroxylation is 1. The highest BCUT2D eigenvalue weighted by atomic mass is 79.9. The number of halogens is 1. The number of hydrogen-bond acceptors (Lipinski definition) is 0. The Morgan fingerprint density at radius 2 is 2.00 bits per heavy atom. The molecule has 0 saturated carbocycles. The van der Waals surface area contributed by atoms with Gasteiger partial charge in [-0.05, 0) is 43.0 Å². The Kier molecular flexibility index (Phi) is 1.84. The maximum absolute atomic E-state index is 3.56. The molecule has 0 fully saturated rings. The number of fused-ring (bicyclic) bond motifs is 1. The second-order valence-corrected chi connectivity index (χ2v) is 4.28. The van der Waals surface area contributed by atoms with Gasteiger partial charge in [-0.3, -0.25) is 0 Å². The molecule has 0 spiro atoms. The predicted molar refractivity (Wildman–Crippen MR) is 56.2 cm³/mol. The molecule has 12 heavy (non-hydrogen) atoms. The van der Waals surface area contributed by atoms with Crippen LogP contribution in [0.1, 0.15) is 23.6 Å². The van der Waals surface area contributed by atoms with E-state index in [0.717, 1.165) is 6.42 Å². The minimum absolute atomic E-state index is 1.13. The summed E-state index contributed by atoms with van der Waals surface area (Å²) in [6.07, 6.45) is 3.40. The maximum Gasteiger partial charge on any atom is 0.0250 e. The van der Waals surface area contributed by atoms with Crippen LogP contribution < -0.4 is 0 Å². The molecule has 1 aromatic carbocycles. The number of rotatable bonds is 0. The molecule has 0 aliphatic heterocycles. The van der Waals surface area contributed by atoms with Crippen molar-refractivity contribution in [2.24, 2.45) is 0 Å². The molecule has 0 bridgehead atoms. The topological polar surface area (TPSA) is 0 Å². The normalized spacial score (nSPS) is 14.4. The first-order valence-corrected chi connectivity index (χ1v) is 4.93. The van der Waals surface area contributed by atoms with Gasteiger partial charge in [0.1, 0.15) is 0 Å². The van der Waals surface area contributed by atoms with Crippen LogP contribution in [0.5, 0.6) is 0 Å². The van der Waals surface area contributed by atoms with E-state index in [1.54, 1.807) is 0 Å². The molecule has 1 heteroatoms. The van der Waals surface area contributed by atoms with Crippen LogP contribution >= 0.6 is 15.9 Å². The summed E-state index contributed by atoms with van der Waals surface area (Å²) >= 11 is 3.56. The van der Waals surface area contributed by atoms with Gasteiger partial charge in [0.25, 0.3) is 0 Å². The van der Waals surface area contributed by atoms with E-state index in [9.17, 15) is 0 Å². The van der Waals surface area contributed by atoms with Crippen LogP contribution in [0, 0.1) is 6.92 Å². The number of allylic oxidation sites excluding steroid dienone is 1. The second kappa shape index (κ2) is 2.74. The van der Waals surface area contributed by atoms with Crippen molar-refractivity contribution in [1.82, 2.24) is 0 Å². The third-order valence-electron chi connectivity index (χ3n) is 2.38. The van der Waals surface area contributed by atoms with Gasteiger partial charge in [-0.15, -0.1) is 0 Å². The summed E-state index contributed by atoms with van der Waals surface area (Å²) in [5.74, 6) is 0. The molecule has 0 atom stereocenters. The van der Waals surface area contributed by atoms with E-state index in [2.05, 4.69) is 48.0 Å². The van der Waals surface area contributed by atoms with Gasteiger partial charge in [0, 0.05) is 4.47 Å². The summed E-state index contributed by atoms with van der Waals surface area (Å²) in [6.45, 7) is 4.36. The molecule has 0 N–H and O–H groups in total. The van der Waals surface area contributed by atoms with Gasteiger partial charge >= 0.3 is 0 Å². The molecule has 1 aliphatic rings. The van der Waals surface area contributed by atoms with Crippen molar-refractivity contribution in [2.45, 2.75) is 20.3 Å². The molecule has 0 aromatic heterocycles. The van der Waals surface area contributed by atoms with Gasteiger partial charge in [-0.1, -0.05) is 33.6 Å². The van der Waals surface area contributed by atoms with Crippen LogP contribution in [0.3, 0.4) is 0 Å². The van der Waals surface area contributed by atoms with E-state index < -0.39 is 0 Å². The average molecular weight is 223 g/mol. The molecular weight excluding hydrogens is 212 g/mol. The highest BCUT2D eigenvalue weighted by Crippen LogP contribution is 2.32. The molecule has 0 saturated heterocycles. The van der Waals surface area contributed by atoms with Gasteiger partial charge in [-0.2, -0.15) is 0 Å². The molecule has 0 radical (unpaired) electrons. The molecular formula is C11H11Br. The highest BCUT2D eigenvalue weighted by Gasteiger charge is 2.13. The van der Waals surface area contributed by atoms with Crippen molar-refractivity contribution in [3.05, 3.63) is 38.9 Å².